The Morgan fingerprint density at radius 2 is 2.12 bits per heavy atom. The topological polar surface area (TPSA) is 80.5 Å². The Kier molecular flexibility index (Phi) is 3.21. The number of hydrogen-bond acceptors (Lipinski definition) is 4. The fourth-order valence-corrected chi connectivity index (χ4v) is 4.33. The molecule has 2 unspecified atom stereocenters. The van der Waals surface area contributed by atoms with E-state index in [1.165, 1.54) is 0 Å². The second-order valence-electron chi connectivity index (χ2n) is 4.66. The van der Waals surface area contributed by atoms with Crippen LogP contribution in [0.3, 0.4) is 0 Å². The molecule has 2 aliphatic heterocycles. The third-order valence-corrected chi connectivity index (χ3v) is 5.28. The molecule has 16 heavy (non-hydrogen) atoms. The minimum atomic E-state index is -2.97. The molecule has 2 N–H and O–H groups in total. The largest absolute Gasteiger partial charge is 0.338 e. The number of carbonyl (C=O) groups excluding carboxylic acids is 1. The molecule has 2 aliphatic rings. The molecule has 2 heterocycles. The summed E-state index contributed by atoms with van der Waals surface area (Å²) in [7, 11) is -2.97. The van der Waals surface area contributed by atoms with Gasteiger partial charge in [0.1, 0.15) is 0 Å². The van der Waals surface area contributed by atoms with E-state index in [4.69, 9.17) is 5.73 Å². The van der Waals surface area contributed by atoms with Crippen molar-refractivity contribution in [3.63, 3.8) is 0 Å². The third-order valence-electron chi connectivity index (χ3n) is 3.51. The van der Waals surface area contributed by atoms with Gasteiger partial charge in [0.25, 0.3) is 0 Å². The molecule has 0 spiro atoms. The van der Waals surface area contributed by atoms with Crippen LogP contribution in [0.15, 0.2) is 0 Å². The van der Waals surface area contributed by atoms with Crippen LogP contribution in [0.4, 0.5) is 0 Å². The fourth-order valence-electron chi connectivity index (χ4n) is 2.60. The molecule has 0 aromatic carbocycles. The van der Waals surface area contributed by atoms with Gasteiger partial charge in [-0.25, -0.2) is 8.42 Å². The summed E-state index contributed by atoms with van der Waals surface area (Å²) in [6, 6.07) is 0.121. The van der Waals surface area contributed by atoms with Gasteiger partial charge in [-0.1, -0.05) is 0 Å². The van der Waals surface area contributed by atoms with Gasteiger partial charge in [0.15, 0.2) is 9.84 Å². The number of rotatable bonds is 2. The molecule has 2 rings (SSSR count). The first-order chi connectivity index (χ1) is 7.53. The number of hydrogen-bond donors (Lipinski definition) is 1. The van der Waals surface area contributed by atoms with Crippen molar-refractivity contribution in [3.8, 4) is 0 Å². The van der Waals surface area contributed by atoms with Gasteiger partial charge < -0.3 is 10.6 Å². The molecular weight excluding hydrogens is 228 g/mol. The van der Waals surface area contributed by atoms with E-state index >= 15 is 0 Å². The summed E-state index contributed by atoms with van der Waals surface area (Å²) in [5, 5.41) is 0. The minimum Gasteiger partial charge on any atom is -0.338 e. The average Bonchev–Trinajstić information content (AvgIpc) is 2.82. The minimum absolute atomic E-state index is 0.00553. The van der Waals surface area contributed by atoms with Crippen LogP contribution in [-0.2, 0) is 14.6 Å². The second-order valence-corrected chi connectivity index (χ2v) is 6.89. The SMILES string of the molecule is NCC1CCCN1C(=O)C1CCS(=O)(=O)C1. The first-order valence-electron chi connectivity index (χ1n) is 5.74. The second kappa shape index (κ2) is 4.33. The molecule has 5 nitrogen and oxygen atoms in total. The van der Waals surface area contributed by atoms with Crippen LogP contribution in [0, 0.1) is 5.92 Å². The predicted octanol–water partition coefficient (Wildman–Crippen LogP) is -0.629. The normalized spacial score (nSPS) is 33.2. The number of nitrogens with two attached hydrogens (primary N) is 1. The van der Waals surface area contributed by atoms with Crippen molar-refractivity contribution >= 4 is 15.7 Å². The number of amides is 1. The summed E-state index contributed by atoms with van der Waals surface area (Å²) in [5.41, 5.74) is 5.60. The van der Waals surface area contributed by atoms with Crippen LogP contribution in [0.5, 0.6) is 0 Å². The Labute approximate surface area is 95.9 Å². The van der Waals surface area contributed by atoms with Gasteiger partial charge in [-0.3, -0.25) is 4.79 Å². The van der Waals surface area contributed by atoms with Gasteiger partial charge in [-0.2, -0.15) is 0 Å². The predicted molar refractivity (Wildman–Crippen MR) is 60.6 cm³/mol. The zero-order valence-electron chi connectivity index (χ0n) is 9.26. The Bertz CT molecular complexity index is 380. The molecule has 0 saturated carbocycles. The average molecular weight is 246 g/mol. The summed E-state index contributed by atoms with van der Waals surface area (Å²) in [6.45, 7) is 1.21. The molecular formula is C10H18N2O3S. The Morgan fingerprint density at radius 3 is 2.69 bits per heavy atom. The van der Waals surface area contributed by atoms with Gasteiger partial charge in [-0.15, -0.1) is 0 Å². The Hall–Kier alpha value is -0.620. The van der Waals surface area contributed by atoms with Gasteiger partial charge in [-0.05, 0) is 19.3 Å². The molecule has 0 radical (unpaired) electrons. The van der Waals surface area contributed by atoms with E-state index in [0.717, 1.165) is 19.4 Å². The summed E-state index contributed by atoms with van der Waals surface area (Å²) in [6.07, 6.45) is 2.41. The smallest absolute Gasteiger partial charge is 0.227 e. The van der Waals surface area contributed by atoms with E-state index in [2.05, 4.69) is 0 Å². The highest BCUT2D eigenvalue weighted by atomic mass is 32.2. The van der Waals surface area contributed by atoms with Crippen LogP contribution < -0.4 is 5.73 Å². The van der Waals surface area contributed by atoms with Crippen molar-refractivity contribution in [1.82, 2.24) is 4.90 Å². The first-order valence-corrected chi connectivity index (χ1v) is 7.56. The molecule has 1 amide bonds. The summed E-state index contributed by atoms with van der Waals surface area (Å²) in [4.78, 5) is 13.9. The number of sulfone groups is 1. The van der Waals surface area contributed by atoms with Crippen LogP contribution in [-0.4, -0.2) is 49.9 Å². The summed E-state index contributed by atoms with van der Waals surface area (Å²) in [5.74, 6) is -0.143. The zero-order chi connectivity index (χ0) is 11.8. The first kappa shape index (κ1) is 11.9. The maximum Gasteiger partial charge on any atom is 0.227 e. The summed E-state index contributed by atoms with van der Waals surface area (Å²) < 4.78 is 22.6. The van der Waals surface area contributed by atoms with Crippen molar-refractivity contribution < 1.29 is 13.2 Å². The fraction of sp³-hybridized carbons (Fsp3) is 0.900. The molecule has 2 fully saturated rings. The molecule has 92 valence electrons. The maximum absolute atomic E-state index is 12.1. The number of nitrogens with zero attached hydrogens (tertiary/aromatic N) is 1. The van der Waals surface area contributed by atoms with Gasteiger partial charge >= 0.3 is 0 Å². The van der Waals surface area contributed by atoms with Crippen LogP contribution >= 0.6 is 0 Å². The lowest BCUT2D eigenvalue weighted by Crippen LogP contribution is -2.43. The molecule has 0 aliphatic carbocycles. The van der Waals surface area contributed by atoms with Crippen LogP contribution in [0.2, 0.25) is 0 Å². The molecule has 0 aromatic rings. The monoisotopic (exact) mass is 246 g/mol. The quantitative estimate of drug-likeness (QED) is 0.703. The Balaban J connectivity index is 2.03. The molecule has 6 heteroatoms. The number of likely N-dealkylation sites (tertiary alicyclic amines) is 1. The maximum atomic E-state index is 12.1. The van der Waals surface area contributed by atoms with Crippen molar-refractivity contribution in [3.05, 3.63) is 0 Å². The zero-order valence-corrected chi connectivity index (χ0v) is 10.1. The van der Waals surface area contributed by atoms with E-state index in [1.807, 2.05) is 0 Å². The lowest BCUT2D eigenvalue weighted by Gasteiger charge is -2.25. The Morgan fingerprint density at radius 1 is 1.38 bits per heavy atom. The molecule has 2 atom stereocenters. The standard InChI is InChI=1S/C10H18N2O3S/c11-6-9-2-1-4-12(9)10(13)8-3-5-16(14,15)7-8/h8-9H,1-7,11H2. The van der Waals surface area contributed by atoms with Crippen molar-refractivity contribution in [2.75, 3.05) is 24.6 Å². The van der Waals surface area contributed by atoms with Gasteiger partial charge in [0.2, 0.25) is 5.91 Å². The van der Waals surface area contributed by atoms with Crippen molar-refractivity contribution in [1.29, 1.82) is 0 Å². The highest BCUT2D eigenvalue weighted by molar-refractivity contribution is 7.91. The van der Waals surface area contributed by atoms with E-state index in [0.29, 0.717) is 13.0 Å². The lowest BCUT2D eigenvalue weighted by atomic mass is 10.1. The van der Waals surface area contributed by atoms with Gasteiger partial charge in [0, 0.05) is 19.1 Å². The van der Waals surface area contributed by atoms with Crippen LogP contribution in [0.25, 0.3) is 0 Å². The highest BCUT2D eigenvalue weighted by Gasteiger charge is 2.38. The van der Waals surface area contributed by atoms with Crippen molar-refractivity contribution in [2.24, 2.45) is 11.7 Å². The lowest BCUT2D eigenvalue weighted by molar-refractivity contribution is -0.135. The molecule has 0 bridgehead atoms. The molecule has 0 aromatic heterocycles. The van der Waals surface area contributed by atoms with E-state index in [1.54, 1.807) is 4.90 Å². The van der Waals surface area contributed by atoms with Gasteiger partial charge in [0.05, 0.1) is 17.4 Å². The summed E-state index contributed by atoms with van der Waals surface area (Å²) >= 11 is 0. The van der Waals surface area contributed by atoms with E-state index in [-0.39, 0.29) is 29.4 Å². The van der Waals surface area contributed by atoms with Crippen molar-refractivity contribution in [2.45, 2.75) is 25.3 Å². The van der Waals surface area contributed by atoms with E-state index < -0.39 is 9.84 Å². The third kappa shape index (κ3) is 2.22. The van der Waals surface area contributed by atoms with E-state index in [9.17, 15) is 13.2 Å². The highest BCUT2D eigenvalue weighted by Crippen LogP contribution is 2.25. The number of carbonyl (C=O) groups is 1. The molecule has 2 saturated heterocycles. The van der Waals surface area contributed by atoms with Crippen LogP contribution in [0.1, 0.15) is 19.3 Å².